The van der Waals surface area contributed by atoms with Crippen molar-refractivity contribution in [3.05, 3.63) is 18.2 Å². The van der Waals surface area contributed by atoms with Crippen molar-refractivity contribution < 1.29 is 9.53 Å². The Labute approximate surface area is 123 Å². The van der Waals surface area contributed by atoms with Crippen molar-refractivity contribution in [2.24, 2.45) is 0 Å². The Hall–Kier alpha value is -1.40. The lowest BCUT2D eigenvalue weighted by molar-refractivity contribution is -0.120. The molecule has 1 atom stereocenters. The van der Waals surface area contributed by atoms with Gasteiger partial charge >= 0.3 is 0 Å². The zero-order valence-corrected chi connectivity index (χ0v) is 12.7. The zero-order valence-electron chi connectivity index (χ0n) is 11.9. The molecule has 0 aliphatic carbocycles. The van der Waals surface area contributed by atoms with Gasteiger partial charge in [-0.3, -0.25) is 4.79 Å². The summed E-state index contributed by atoms with van der Waals surface area (Å²) in [5.41, 5.74) is 7.62. The monoisotopic (exact) mass is 295 g/mol. The van der Waals surface area contributed by atoms with Crippen LogP contribution in [0.4, 0.5) is 11.4 Å². The highest BCUT2D eigenvalue weighted by atomic mass is 32.2. The minimum atomic E-state index is 0.00910. The van der Waals surface area contributed by atoms with Gasteiger partial charge in [-0.25, -0.2) is 0 Å². The molecule has 2 rings (SSSR count). The van der Waals surface area contributed by atoms with Crippen LogP contribution in [-0.4, -0.2) is 44.5 Å². The van der Waals surface area contributed by atoms with Gasteiger partial charge in [-0.1, -0.05) is 0 Å². The highest BCUT2D eigenvalue weighted by molar-refractivity contribution is 7.99. The molecular weight excluding hydrogens is 274 g/mol. The van der Waals surface area contributed by atoms with Gasteiger partial charge in [-0.05, 0) is 25.1 Å². The minimum absolute atomic E-state index is 0.00910. The maximum atomic E-state index is 12.0. The number of carbonyl (C=O) groups is 1. The molecule has 0 fully saturated rings. The van der Waals surface area contributed by atoms with E-state index in [-0.39, 0.29) is 11.9 Å². The van der Waals surface area contributed by atoms with E-state index in [1.807, 2.05) is 25.1 Å². The lowest BCUT2D eigenvalue weighted by Gasteiger charge is -2.30. The first kappa shape index (κ1) is 15.0. The summed E-state index contributed by atoms with van der Waals surface area (Å²) in [7, 11) is 1.63. The third kappa shape index (κ3) is 3.80. The van der Waals surface area contributed by atoms with Gasteiger partial charge in [0.25, 0.3) is 0 Å². The first-order chi connectivity index (χ1) is 9.60. The number of rotatable bonds is 5. The predicted molar refractivity (Wildman–Crippen MR) is 83.3 cm³/mol. The number of nitrogens with two attached hydrogens (primary N) is 1. The minimum Gasteiger partial charge on any atom is -0.399 e. The lowest BCUT2D eigenvalue weighted by Crippen LogP contribution is -2.44. The maximum Gasteiger partial charge on any atom is 0.239 e. The van der Waals surface area contributed by atoms with E-state index in [0.29, 0.717) is 13.2 Å². The maximum absolute atomic E-state index is 12.0. The van der Waals surface area contributed by atoms with Crippen LogP contribution in [0.5, 0.6) is 0 Å². The van der Waals surface area contributed by atoms with Crippen LogP contribution in [0.2, 0.25) is 0 Å². The van der Waals surface area contributed by atoms with E-state index in [1.54, 1.807) is 18.9 Å². The first-order valence-corrected chi connectivity index (χ1v) is 7.64. The normalized spacial score (nSPS) is 15.6. The number of fused-ring (bicyclic) bond motifs is 1. The summed E-state index contributed by atoms with van der Waals surface area (Å²) >= 11 is 1.80. The second-order valence-corrected chi connectivity index (χ2v) is 6.06. The lowest BCUT2D eigenvalue weighted by atomic mass is 10.2. The van der Waals surface area contributed by atoms with Gasteiger partial charge in [0.05, 0.1) is 18.8 Å². The highest BCUT2D eigenvalue weighted by Crippen LogP contribution is 2.35. The fraction of sp³-hybridized carbons (Fsp3) is 0.500. The van der Waals surface area contributed by atoms with Crippen LogP contribution in [0.15, 0.2) is 23.1 Å². The van der Waals surface area contributed by atoms with E-state index in [0.717, 1.165) is 23.7 Å². The number of anilines is 2. The number of carbonyl (C=O) groups excluding carboxylic acids is 1. The predicted octanol–water partition coefficient (Wildman–Crippen LogP) is 1.33. The van der Waals surface area contributed by atoms with Crippen molar-refractivity contribution in [1.29, 1.82) is 0 Å². The highest BCUT2D eigenvalue weighted by Gasteiger charge is 2.20. The van der Waals surface area contributed by atoms with E-state index in [9.17, 15) is 4.79 Å². The average Bonchev–Trinajstić information content (AvgIpc) is 2.39. The number of benzene rings is 1. The number of ether oxygens (including phenoxy) is 1. The molecule has 1 aliphatic heterocycles. The zero-order chi connectivity index (χ0) is 14.5. The second-order valence-electron chi connectivity index (χ2n) is 4.92. The molecule has 1 heterocycles. The summed E-state index contributed by atoms with van der Waals surface area (Å²) in [6.07, 6.45) is 0. The van der Waals surface area contributed by atoms with Crippen LogP contribution in [0.1, 0.15) is 6.92 Å². The van der Waals surface area contributed by atoms with Crippen LogP contribution < -0.4 is 16.0 Å². The van der Waals surface area contributed by atoms with Crippen LogP contribution in [0, 0.1) is 0 Å². The average molecular weight is 295 g/mol. The molecule has 0 bridgehead atoms. The Bertz CT molecular complexity index is 481. The Kier molecular flexibility index (Phi) is 5.14. The van der Waals surface area contributed by atoms with Crippen molar-refractivity contribution in [3.8, 4) is 0 Å². The fourth-order valence-corrected chi connectivity index (χ4v) is 3.27. The van der Waals surface area contributed by atoms with Gasteiger partial charge in [-0.15, -0.1) is 11.8 Å². The van der Waals surface area contributed by atoms with E-state index in [2.05, 4.69) is 10.2 Å². The van der Waals surface area contributed by atoms with Crippen LogP contribution in [-0.2, 0) is 9.53 Å². The summed E-state index contributed by atoms with van der Waals surface area (Å²) in [5, 5.41) is 2.93. The van der Waals surface area contributed by atoms with Gasteiger partial charge in [0.1, 0.15) is 0 Å². The van der Waals surface area contributed by atoms with Gasteiger partial charge in [0.15, 0.2) is 0 Å². The van der Waals surface area contributed by atoms with Crippen molar-refractivity contribution in [3.63, 3.8) is 0 Å². The molecule has 1 aliphatic rings. The molecule has 5 nitrogen and oxygen atoms in total. The summed E-state index contributed by atoms with van der Waals surface area (Å²) in [5.74, 6) is 0.993. The summed E-state index contributed by atoms with van der Waals surface area (Å²) in [6.45, 7) is 3.66. The molecule has 6 heteroatoms. The van der Waals surface area contributed by atoms with E-state index in [4.69, 9.17) is 10.5 Å². The third-order valence-electron chi connectivity index (χ3n) is 3.10. The fourth-order valence-electron chi connectivity index (χ4n) is 2.24. The second kappa shape index (κ2) is 6.85. The third-order valence-corrected chi connectivity index (χ3v) is 4.14. The molecule has 110 valence electrons. The number of thioether (sulfide) groups is 1. The van der Waals surface area contributed by atoms with Gasteiger partial charge in [0, 0.05) is 36.0 Å². The summed E-state index contributed by atoms with van der Waals surface area (Å²) in [6, 6.07) is 5.88. The molecule has 0 saturated heterocycles. The molecule has 20 heavy (non-hydrogen) atoms. The topological polar surface area (TPSA) is 67.6 Å². The summed E-state index contributed by atoms with van der Waals surface area (Å²) < 4.78 is 5.02. The van der Waals surface area contributed by atoms with E-state index < -0.39 is 0 Å². The van der Waals surface area contributed by atoms with Gasteiger partial charge in [-0.2, -0.15) is 0 Å². The van der Waals surface area contributed by atoms with Crippen LogP contribution >= 0.6 is 11.8 Å². The molecule has 3 N–H and O–H groups in total. The largest absolute Gasteiger partial charge is 0.399 e. The molecular formula is C14H21N3O2S. The van der Waals surface area contributed by atoms with Crippen molar-refractivity contribution in [2.75, 3.05) is 43.2 Å². The number of nitrogens with zero attached hydrogens (tertiary/aromatic N) is 1. The van der Waals surface area contributed by atoms with Gasteiger partial charge in [0.2, 0.25) is 5.91 Å². The SMILES string of the molecule is COCC(C)NC(=O)CN1CCSc2ccc(N)cc21. The van der Waals surface area contributed by atoms with Crippen LogP contribution in [0.3, 0.4) is 0 Å². The molecule has 1 amide bonds. The number of methoxy groups -OCH3 is 1. The van der Waals surface area contributed by atoms with Crippen molar-refractivity contribution in [2.45, 2.75) is 17.9 Å². The smallest absolute Gasteiger partial charge is 0.239 e. The molecule has 1 aromatic carbocycles. The molecule has 0 radical (unpaired) electrons. The standard InChI is InChI=1S/C14H21N3O2S/c1-10(9-19-2)16-14(18)8-17-5-6-20-13-4-3-11(15)7-12(13)17/h3-4,7,10H,5-6,8-9,15H2,1-2H3,(H,16,18). The number of nitrogens with one attached hydrogen (secondary N) is 1. The van der Waals surface area contributed by atoms with Crippen molar-refractivity contribution in [1.82, 2.24) is 5.32 Å². The van der Waals surface area contributed by atoms with Gasteiger partial charge < -0.3 is 20.7 Å². The number of amides is 1. The molecule has 1 unspecified atom stereocenters. The Balaban J connectivity index is 2.01. The Morgan fingerprint density at radius 2 is 2.40 bits per heavy atom. The van der Waals surface area contributed by atoms with E-state index >= 15 is 0 Å². The van der Waals surface area contributed by atoms with Crippen LogP contribution in [0.25, 0.3) is 0 Å². The molecule has 1 aromatic rings. The number of hydrogen-bond donors (Lipinski definition) is 2. The molecule has 0 aromatic heterocycles. The molecule has 0 saturated carbocycles. The summed E-state index contributed by atoms with van der Waals surface area (Å²) in [4.78, 5) is 15.3. The number of nitrogen functional groups attached to an aromatic ring is 1. The quantitative estimate of drug-likeness (QED) is 0.802. The number of hydrogen-bond acceptors (Lipinski definition) is 5. The van der Waals surface area contributed by atoms with Crippen molar-refractivity contribution >= 4 is 29.0 Å². The Morgan fingerprint density at radius 1 is 1.60 bits per heavy atom. The first-order valence-electron chi connectivity index (χ1n) is 6.65. The van der Waals surface area contributed by atoms with E-state index in [1.165, 1.54) is 4.90 Å². The molecule has 0 spiro atoms. The Morgan fingerprint density at radius 3 is 3.15 bits per heavy atom.